The molecule has 5 rings (SSSR count). The fourth-order valence-electron chi connectivity index (χ4n) is 6.42. The molecule has 4 aliphatic carbocycles. The summed E-state index contributed by atoms with van der Waals surface area (Å²) >= 11 is 0. The number of amides is 1. The highest BCUT2D eigenvalue weighted by atomic mass is 32.2. The number of nitrogens with one attached hydrogen (secondary N) is 1. The van der Waals surface area contributed by atoms with E-state index in [1.807, 2.05) is 0 Å². The van der Waals surface area contributed by atoms with E-state index in [9.17, 15) is 31.6 Å². The first kappa shape index (κ1) is 21.0. The average molecular weight is 441 g/mol. The van der Waals surface area contributed by atoms with Gasteiger partial charge in [-0.25, -0.2) is 8.42 Å². The second-order valence-electron chi connectivity index (χ2n) is 9.32. The molecule has 1 aromatic rings. The van der Waals surface area contributed by atoms with Crippen LogP contribution in [0.2, 0.25) is 0 Å². The summed E-state index contributed by atoms with van der Waals surface area (Å²) in [6.07, 6.45) is -0.0667. The highest BCUT2D eigenvalue weighted by molar-refractivity contribution is 7.92. The molecule has 1 aromatic carbocycles. The van der Waals surface area contributed by atoms with Crippen LogP contribution in [0.1, 0.15) is 60.0 Å². The third kappa shape index (κ3) is 3.43. The van der Waals surface area contributed by atoms with E-state index in [0.717, 1.165) is 18.7 Å². The summed E-state index contributed by atoms with van der Waals surface area (Å²) in [5, 5.41) is 9.86. The SMILES string of the molecule is CS(=O)(=O)Nc1c(C(N)=O)cc(C(F)(F)F)cc1C12CC3C[C@@H](CC(C#N)(C3)C1)C2. The van der Waals surface area contributed by atoms with Crippen molar-refractivity contribution in [3.05, 3.63) is 28.8 Å². The molecule has 4 aliphatic rings. The fourth-order valence-corrected chi connectivity index (χ4v) is 7.01. The van der Waals surface area contributed by atoms with Crippen molar-refractivity contribution in [3.63, 3.8) is 0 Å². The molecule has 3 N–H and O–H groups in total. The summed E-state index contributed by atoms with van der Waals surface area (Å²) in [5.74, 6) is -0.777. The van der Waals surface area contributed by atoms with E-state index in [-0.39, 0.29) is 23.1 Å². The van der Waals surface area contributed by atoms with E-state index in [1.165, 1.54) is 0 Å². The van der Waals surface area contributed by atoms with Crippen molar-refractivity contribution in [1.82, 2.24) is 0 Å². The first-order valence-electron chi connectivity index (χ1n) is 9.70. The maximum Gasteiger partial charge on any atom is 0.416 e. The Labute approximate surface area is 172 Å². The molecule has 4 bridgehead atoms. The van der Waals surface area contributed by atoms with Gasteiger partial charge in [-0.2, -0.15) is 18.4 Å². The zero-order valence-corrected chi connectivity index (χ0v) is 17.2. The van der Waals surface area contributed by atoms with Crippen molar-refractivity contribution in [2.45, 2.75) is 50.1 Å². The number of nitrogens with zero attached hydrogens (tertiary/aromatic N) is 1. The molecule has 30 heavy (non-hydrogen) atoms. The Morgan fingerprint density at radius 3 is 2.30 bits per heavy atom. The topological polar surface area (TPSA) is 113 Å². The number of benzene rings is 1. The molecule has 4 saturated carbocycles. The number of anilines is 1. The highest BCUT2D eigenvalue weighted by Crippen LogP contribution is 2.66. The van der Waals surface area contributed by atoms with Gasteiger partial charge in [-0.15, -0.1) is 0 Å². The van der Waals surface area contributed by atoms with Crippen molar-refractivity contribution in [2.75, 3.05) is 11.0 Å². The predicted octanol–water partition coefficient (Wildman–Crippen LogP) is 3.54. The summed E-state index contributed by atoms with van der Waals surface area (Å²) < 4.78 is 67.2. The van der Waals surface area contributed by atoms with Crippen LogP contribution in [0.3, 0.4) is 0 Å². The van der Waals surface area contributed by atoms with E-state index < -0.39 is 44.1 Å². The minimum atomic E-state index is -4.74. The maximum absolute atomic E-state index is 13.7. The van der Waals surface area contributed by atoms with Crippen LogP contribution in [-0.2, 0) is 21.6 Å². The first-order chi connectivity index (χ1) is 13.8. The summed E-state index contributed by atoms with van der Waals surface area (Å²) in [6.45, 7) is 0. The standard InChI is InChI=1S/C20H22F3N3O3S/c1-30(28,29)26-16-14(17(25)27)3-13(20(21,22)23)4-15(16)19-7-11-2-12(8-19)6-18(5-11,9-19)10-24/h3-4,11-12,26H,2,5-9H2,1H3,(H2,25,27)/t11-,12?,18?,19?/m0/s1. The molecule has 10 heteroatoms. The third-order valence-electron chi connectivity index (χ3n) is 6.89. The van der Waals surface area contributed by atoms with E-state index in [0.29, 0.717) is 38.2 Å². The van der Waals surface area contributed by atoms with Crippen molar-refractivity contribution in [3.8, 4) is 6.07 Å². The van der Waals surface area contributed by atoms with E-state index in [4.69, 9.17) is 5.73 Å². The zero-order chi connectivity index (χ0) is 22.1. The number of nitrogens with two attached hydrogens (primary N) is 1. The van der Waals surface area contributed by atoms with Gasteiger partial charge in [-0.3, -0.25) is 9.52 Å². The zero-order valence-electron chi connectivity index (χ0n) is 16.3. The molecule has 0 spiro atoms. The number of sulfonamides is 1. The average Bonchev–Trinajstić information content (AvgIpc) is 2.58. The fraction of sp³-hybridized carbons (Fsp3) is 0.600. The Morgan fingerprint density at radius 1 is 1.23 bits per heavy atom. The van der Waals surface area contributed by atoms with Gasteiger partial charge < -0.3 is 5.73 Å². The number of halogens is 3. The molecule has 6 nitrogen and oxygen atoms in total. The van der Waals surface area contributed by atoms with Crippen LogP contribution in [0.5, 0.6) is 0 Å². The number of carbonyl (C=O) groups is 1. The third-order valence-corrected chi connectivity index (χ3v) is 7.46. The number of hydrogen-bond acceptors (Lipinski definition) is 4. The predicted molar refractivity (Wildman–Crippen MR) is 103 cm³/mol. The Hall–Kier alpha value is -2.28. The number of primary amides is 1. The molecule has 1 amide bonds. The van der Waals surface area contributed by atoms with Crippen LogP contribution in [0.4, 0.5) is 18.9 Å². The van der Waals surface area contributed by atoms with E-state index >= 15 is 0 Å². The molecular weight excluding hydrogens is 419 g/mol. The minimum absolute atomic E-state index is 0.130. The Balaban J connectivity index is 1.99. The molecule has 0 aromatic heterocycles. The molecule has 0 aliphatic heterocycles. The monoisotopic (exact) mass is 441 g/mol. The van der Waals surface area contributed by atoms with Crippen LogP contribution in [0.15, 0.2) is 12.1 Å². The summed E-state index contributed by atoms with van der Waals surface area (Å²) in [7, 11) is -3.90. The van der Waals surface area contributed by atoms with Crippen LogP contribution >= 0.6 is 0 Å². The van der Waals surface area contributed by atoms with Crippen LogP contribution in [0, 0.1) is 28.6 Å². The van der Waals surface area contributed by atoms with Crippen molar-refractivity contribution in [2.24, 2.45) is 23.0 Å². The smallest absolute Gasteiger partial charge is 0.366 e. The van der Waals surface area contributed by atoms with Gasteiger partial charge in [0.1, 0.15) is 0 Å². The number of hydrogen-bond donors (Lipinski definition) is 2. The Bertz CT molecular complexity index is 1060. The lowest BCUT2D eigenvalue weighted by Gasteiger charge is -2.60. The van der Waals surface area contributed by atoms with E-state index in [1.54, 1.807) is 0 Å². The highest BCUT2D eigenvalue weighted by Gasteiger charge is 2.59. The normalized spacial score (nSPS) is 32.6. The second kappa shape index (κ2) is 6.36. The first-order valence-corrected chi connectivity index (χ1v) is 11.6. The summed E-state index contributed by atoms with van der Waals surface area (Å²) in [5.41, 5.74) is 2.31. The molecule has 3 unspecified atom stereocenters. The van der Waals surface area contributed by atoms with Gasteiger partial charge in [0, 0.05) is 0 Å². The van der Waals surface area contributed by atoms with Gasteiger partial charge in [-0.05, 0) is 73.5 Å². The lowest BCUT2D eigenvalue weighted by Crippen LogP contribution is -2.53. The Morgan fingerprint density at radius 2 is 1.83 bits per heavy atom. The molecule has 0 radical (unpaired) electrons. The van der Waals surface area contributed by atoms with E-state index in [2.05, 4.69) is 10.8 Å². The van der Waals surface area contributed by atoms with Crippen molar-refractivity contribution in [1.29, 1.82) is 5.26 Å². The number of nitriles is 1. The molecule has 0 heterocycles. The molecule has 162 valence electrons. The lowest BCUT2D eigenvalue weighted by molar-refractivity contribution is -0.137. The van der Waals surface area contributed by atoms with Gasteiger partial charge in [0.15, 0.2) is 0 Å². The van der Waals surface area contributed by atoms with Crippen LogP contribution < -0.4 is 10.5 Å². The Kier molecular flexibility index (Phi) is 4.45. The largest absolute Gasteiger partial charge is 0.416 e. The number of rotatable bonds is 4. The van der Waals surface area contributed by atoms with Gasteiger partial charge in [-0.1, -0.05) is 0 Å². The second-order valence-corrected chi connectivity index (χ2v) is 11.1. The quantitative estimate of drug-likeness (QED) is 0.744. The molecule has 0 saturated heterocycles. The summed E-state index contributed by atoms with van der Waals surface area (Å²) in [4.78, 5) is 12.1. The van der Waals surface area contributed by atoms with Gasteiger partial charge in [0.2, 0.25) is 10.0 Å². The molecular formula is C20H22F3N3O3S. The van der Waals surface area contributed by atoms with Crippen molar-refractivity contribution < 1.29 is 26.4 Å². The maximum atomic E-state index is 13.7. The summed E-state index contributed by atoms with van der Waals surface area (Å²) in [6, 6.07) is 3.94. The minimum Gasteiger partial charge on any atom is -0.366 e. The van der Waals surface area contributed by atoms with Gasteiger partial charge >= 0.3 is 6.18 Å². The lowest BCUT2D eigenvalue weighted by atomic mass is 9.43. The van der Waals surface area contributed by atoms with Crippen LogP contribution in [0.25, 0.3) is 0 Å². The molecule has 4 fully saturated rings. The number of alkyl halides is 3. The van der Waals surface area contributed by atoms with Gasteiger partial charge in [0.25, 0.3) is 5.91 Å². The number of carbonyl (C=O) groups excluding carboxylic acids is 1. The van der Waals surface area contributed by atoms with Gasteiger partial charge in [0.05, 0.1) is 34.6 Å². The van der Waals surface area contributed by atoms with Crippen molar-refractivity contribution >= 4 is 21.6 Å². The van der Waals surface area contributed by atoms with Crippen LogP contribution in [-0.4, -0.2) is 20.6 Å². The molecule has 4 atom stereocenters.